The predicted molar refractivity (Wildman–Crippen MR) is 103 cm³/mol. The number of hydrogen-bond donors (Lipinski definition) is 2. The maximum Gasteiger partial charge on any atom is 0.326 e. The minimum atomic E-state index is -0.303. The Morgan fingerprint density at radius 1 is 1.15 bits per heavy atom. The van der Waals surface area contributed by atoms with Gasteiger partial charge in [-0.05, 0) is 36.5 Å². The zero-order valence-electron chi connectivity index (χ0n) is 15.8. The average Bonchev–Trinajstić information content (AvgIpc) is 3.06. The molecule has 0 spiro atoms. The average molecular weight is 368 g/mol. The molecule has 0 radical (unpaired) electrons. The van der Waals surface area contributed by atoms with Crippen LogP contribution in [-0.4, -0.2) is 40.3 Å². The lowest BCUT2D eigenvalue weighted by Gasteiger charge is -2.24. The number of rotatable bonds is 4. The predicted octanol–water partition coefficient (Wildman–Crippen LogP) is 3.34. The van der Waals surface area contributed by atoms with Gasteiger partial charge in [-0.15, -0.1) is 0 Å². The summed E-state index contributed by atoms with van der Waals surface area (Å²) < 4.78 is 11.1. The lowest BCUT2D eigenvalue weighted by atomic mass is 9.91. The van der Waals surface area contributed by atoms with E-state index in [1.165, 1.54) is 5.56 Å². The SMILES string of the molecule is COc1ccc(C(C)C)cc1-c1nc2[nH]c(=O)[nH]c2nc1C1CCOCC1. The number of hydrogen-bond acceptors (Lipinski definition) is 5. The molecule has 0 saturated carbocycles. The molecule has 7 nitrogen and oxygen atoms in total. The van der Waals surface area contributed by atoms with E-state index in [1.807, 2.05) is 6.07 Å². The third-order valence-corrected chi connectivity index (χ3v) is 5.14. The molecule has 1 aliphatic heterocycles. The van der Waals surface area contributed by atoms with Crippen LogP contribution in [0.4, 0.5) is 0 Å². The van der Waals surface area contributed by atoms with E-state index >= 15 is 0 Å². The summed E-state index contributed by atoms with van der Waals surface area (Å²) in [6, 6.07) is 6.17. The number of nitrogens with one attached hydrogen (secondary N) is 2. The third kappa shape index (κ3) is 3.35. The first-order chi connectivity index (χ1) is 13.1. The zero-order chi connectivity index (χ0) is 19.0. The monoisotopic (exact) mass is 368 g/mol. The molecule has 1 aromatic carbocycles. The van der Waals surface area contributed by atoms with Crippen molar-refractivity contribution in [3.05, 3.63) is 39.9 Å². The summed E-state index contributed by atoms with van der Waals surface area (Å²) in [7, 11) is 1.66. The van der Waals surface area contributed by atoms with Gasteiger partial charge in [0.2, 0.25) is 0 Å². The Morgan fingerprint density at radius 2 is 1.85 bits per heavy atom. The smallest absolute Gasteiger partial charge is 0.326 e. The summed E-state index contributed by atoms with van der Waals surface area (Å²) >= 11 is 0. The van der Waals surface area contributed by atoms with E-state index in [9.17, 15) is 4.79 Å². The Bertz CT molecular complexity index is 1020. The maximum absolute atomic E-state index is 11.8. The zero-order valence-corrected chi connectivity index (χ0v) is 15.8. The van der Waals surface area contributed by atoms with Crippen LogP contribution in [0.1, 0.15) is 49.8 Å². The van der Waals surface area contributed by atoms with Crippen LogP contribution in [-0.2, 0) is 4.74 Å². The van der Waals surface area contributed by atoms with Gasteiger partial charge in [-0.2, -0.15) is 0 Å². The fraction of sp³-hybridized carbons (Fsp3) is 0.450. The molecule has 2 aromatic heterocycles. The molecule has 0 bridgehead atoms. The summed E-state index contributed by atoms with van der Waals surface area (Å²) in [5, 5.41) is 0. The number of methoxy groups -OCH3 is 1. The normalized spacial score (nSPS) is 15.6. The van der Waals surface area contributed by atoms with Crippen molar-refractivity contribution in [2.45, 2.75) is 38.5 Å². The number of nitrogens with zero attached hydrogens (tertiary/aromatic N) is 2. The van der Waals surface area contributed by atoms with Gasteiger partial charge in [-0.25, -0.2) is 14.8 Å². The molecule has 27 heavy (non-hydrogen) atoms. The van der Waals surface area contributed by atoms with Crippen LogP contribution in [0.5, 0.6) is 5.75 Å². The van der Waals surface area contributed by atoms with Gasteiger partial charge in [0.25, 0.3) is 0 Å². The standard InChI is InChI=1S/C20H24N4O3/c1-11(2)13-4-5-15(26-3)14(10-13)17-16(12-6-8-27-9-7-12)21-18-19(22-17)24-20(25)23-18/h4-5,10-12H,6-9H2,1-3H3,(H2,21,22,23,24,25). The molecule has 1 aliphatic rings. The second-order valence-corrected chi connectivity index (χ2v) is 7.23. The van der Waals surface area contributed by atoms with E-state index < -0.39 is 0 Å². The van der Waals surface area contributed by atoms with Crippen LogP contribution in [0, 0.1) is 0 Å². The van der Waals surface area contributed by atoms with Crippen molar-refractivity contribution in [3.63, 3.8) is 0 Å². The largest absolute Gasteiger partial charge is 0.496 e. The molecule has 2 N–H and O–H groups in total. The quantitative estimate of drug-likeness (QED) is 0.737. The highest BCUT2D eigenvalue weighted by molar-refractivity contribution is 5.76. The van der Waals surface area contributed by atoms with E-state index in [0.29, 0.717) is 30.4 Å². The molecule has 0 amide bonds. The van der Waals surface area contributed by atoms with E-state index in [-0.39, 0.29) is 11.6 Å². The number of aromatic nitrogens is 4. The van der Waals surface area contributed by atoms with Gasteiger partial charge in [0, 0.05) is 24.7 Å². The van der Waals surface area contributed by atoms with Gasteiger partial charge in [-0.3, -0.25) is 9.97 Å². The Morgan fingerprint density at radius 3 is 2.52 bits per heavy atom. The Hall–Kier alpha value is -2.67. The Kier molecular flexibility index (Phi) is 4.70. The van der Waals surface area contributed by atoms with Crippen LogP contribution in [0.3, 0.4) is 0 Å². The molecule has 0 unspecified atom stereocenters. The van der Waals surface area contributed by atoms with Crippen molar-refractivity contribution in [1.29, 1.82) is 0 Å². The van der Waals surface area contributed by atoms with Gasteiger partial charge < -0.3 is 9.47 Å². The first kappa shape index (κ1) is 17.7. The first-order valence-electron chi connectivity index (χ1n) is 9.32. The molecule has 0 aliphatic carbocycles. The summed E-state index contributed by atoms with van der Waals surface area (Å²) in [6.45, 7) is 5.72. The Labute approximate surface area is 157 Å². The van der Waals surface area contributed by atoms with Crippen molar-refractivity contribution >= 4 is 11.3 Å². The number of aromatic amines is 2. The molecule has 1 fully saturated rings. The molecule has 0 atom stereocenters. The van der Waals surface area contributed by atoms with Crippen LogP contribution in [0.25, 0.3) is 22.6 Å². The summed E-state index contributed by atoms with van der Waals surface area (Å²) in [4.78, 5) is 26.8. The van der Waals surface area contributed by atoms with Crippen molar-refractivity contribution in [3.8, 4) is 17.0 Å². The molecular formula is C20H24N4O3. The summed E-state index contributed by atoms with van der Waals surface area (Å²) in [6.07, 6.45) is 1.77. The van der Waals surface area contributed by atoms with Gasteiger partial charge in [-0.1, -0.05) is 19.9 Å². The molecule has 7 heteroatoms. The fourth-order valence-electron chi connectivity index (χ4n) is 3.59. The molecule has 3 heterocycles. The number of fused-ring (bicyclic) bond motifs is 1. The molecule has 1 saturated heterocycles. The maximum atomic E-state index is 11.8. The van der Waals surface area contributed by atoms with Crippen molar-refractivity contribution < 1.29 is 9.47 Å². The highest BCUT2D eigenvalue weighted by Gasteiger charge is 2.25. The van der Waals surface area contributed by atoms with Gasteiger partial charge in [0.15, 0.2) is 11.3 Å². The number of imidazole rings is 1. The van der Waals surface area contributed by atoms with Crippen molar-refractivity contribution in [1.82, 2.24) is 19.9 Å². The minimum Gasteiger partial charge on any atom is -0.496 e. The molecular weight excluding hydrogens is 344 g/mol. The first-order valence-corrected chi connectivity index (χ1v) is 9.32. The van der Waals surface area contributed by atoms with Crippen molar-refractivity contribution in [2.75, 3.05) is 20.3 Å². The van der Waals surface area contributed by atoms with Crippen LogP contribution in [0.15, 0.2) is 23.0 Å². The molecule has 4 rings (SSSR count). The van der Waals surface area contributed by atoms with Crippen LogP contribution in [0.2, 0.25) is 0 Å². The lowest BCUT2D eigenvalue weighted by Crippen LogP contribution is -2.17. The Balaban J connectivity index is 1.96. The summed E-state index contributed by atoms with van der Waals surface area (Å²) in [5.74, 6) is 1.36. The molecule has 142 valence electrons. The van der Waals surface area contributed by atoms with Crippen LogP contribution < -0.4 is 10.4 Å². The lowest BCUT2D eigenvalue weighted by molar-refractivity contribution is 0.0846. The second-order valence-electron chi connectivity index (χ2n) is 7.23. The minimum absolute atomic E-state index is 0.233. The van der Waals surface area contributed by atoms with Gasteiger partial charge >= 0.3 is 5.69 Å². The van der Waals surface area contributed by atoms with E-state index in [1.54, 1.807) is 7.11 Å². The van der Waals surface area contributed by atoms with Crippen molar-refractivity contribution in [2.24, 2.45) is 0 Å². The van der Waals surface area contributed by atoms with Gasteiger partial charge in [0.1, 0.15) is 5.75 Å². The van der Waals surface area contributed by atoms with E-state index in [2.05, 4.69) is 35.9 Å². The number of ether oxygens (including phenoxy) is 2. The number of H-pyrrole nitrogens is 2. The van der Waals surface area contributed by atoms with Gasteiger partial charge in [0.05, 0.1) is 18.5 Å². The third-order valence-electron chi connectivity index (χ3n) is 5.14. The van der Waals surface area contributed by atoms with E-state index in [0.717, 1.165) is 35.5 Å². The highest BCUT2D eigenvalue weighted by Crippen LogP contribution is 2.38. The topological polar surface area (TPSA) is 92.9 Å². The highest BCUT2D eigenvalue weighted by atomic mass is 16.5. The molecule has 3 aromatic rings. The van der Waals surface area contributed by atoms with Crippen LogP contribution >= 0.6 is 0 Å². The number of benzene rings is 1. The second kappa shape index (κ2) is 7.15. The summed E-state index contributed by atoms with van der Waals surface area (Å²) in [5.41, 5.74) is 4.41. The van der Waals surface area contributed by atoms with E-state index in [4.69, 9.17) is 19.4 Å². The fourth-order valence-corrected chi connectivity index (χ4v) is 3.59.